The van der Waals surface area contributed by atoms with E-state index in [4.69, 9.17) is 10.5 Å². The lowest BCUT2D eigenvalue weighted by atomic mass is 9.90. The maximum atomic E-state index is 11.7. The summed E-state index contributed by atoms with van der Waals surface area (Å²) in [6.45, 7) is 0.540. The molecule has 1 aromatic heterocycles. The molecule has 4 heteroatoms. The summed E-state index contributed by atoms with van der Waals surface area (Å²) in [6.07, 6.45) is 6.21. The van der Waals surface area contributed by atoms with Gasteiger partial charge in [-0.25, -0.2) is 4.79 Å². The molecule has 0 spiro atoms. The summed E-state index contributed by atoms with van der Waals surface area (Å²) in [5, 5.41) is 1.92. The Hall–Kier alpha value is -0.870. The molecular weight excluding hydrogens is 234 g/mol. The quantitative estimate of drug-likeness (QED) is 0.839. The highest BCUT2D eigenvalue weighted by Crippen LogP contribution is 2.24. The molecular formula is C13H19NO2S. The zero-order valence-electron chi connectivity index (χ0n) is 9.93. The molecule has 1 aromatic rings. The monoisotopic (exact) mass is 253 g/mol. The van der Waals surface area contributed by atoms with Crippen molar-refractivity contribution in [3.8, 4) is 0 Å². The van der Waals surface area contributed by atoms with E-state index in [0.717, 1.165) is 4.88 Å². The van der Waals surface area contributed by atoms with Crippen molar-refractivity contribution in [1.29, 1.82) is 0 Å². The minimum absolute atomic E-state index is 0.293. The number of hydrogen-bond donors (Lipinski definition) is 1. The van der Waals surface area contributed by atoms with E-state index in [1.807, 2.05) is 17.5 Å². The van der Waals surface area contributed by atoms with Gasteiger partial charge in [0.25, 0.3) is 0 Å². The highest BCUT2D eigenvalue weighted by atomic mass is 32.1. The fraction of sp³-hybridized carbons (Fsp3) is 0.615. The topological polar surface area (TPSA) is 52.3 Å². The van der Waals surface area contributed by atoms with Crippen LogP contribution in [0.25, 0.3) is 0 Å². The summed E-state index contributed by atoms with van der Waals surface area (Å²) in [5.74, 6) is 0.251. The van der Waals surface area contributed by atoms with Gasteiger partial charge in [-0.1, -0.05) is 25.3 Å². The van der Waals surface area contributed by atoms with Crippen LogP contribution in [0.5, 0.6) is 0 Å². The molecule has 2 rings (SSSR count). The third-order valence-corrected chi connectivity index (χ3v) is 4.25. The number of ether oxygens (including phenoxy) is 1. The lowest BCUT2D eigenvalue weighted by Crippen LogP contribution is -2.25. The number of rotatable bonds is 4. The molecule has 1 aliphatic rings. The predicted octanol–water partition coefficient (Wildman–Crippen LogP) is 2.87. The smallest absolute Gasteiger partial charge is 0.328 e. The summed E-state index contributed by atoms with van der Waals surface area (Å²) in [4.78, 5) is 12.6. The van der Waals surface area contributed by atoms with Gasteiger partial charge in [0.05, 0.1) is 6.61 Å². The zero-order chi connectivity index (χ0) is 12.1. The standard InChI is InChI=1S/C13H19NO2S/c14-12(11-7-4-8-17-11)13(15)16-9-10-5-2-1-3-6-10/h4,7-8,10,12H,1-3,5-6,9,14H2. The van der Waals surface area contributed by atoms with Crippen LogP contribution in [0.2, 0.25) is 0 Å². The molecule has 3 nitrogen and oxygen atoms in total. The largest absolute Gasteiger partial charge is 0.464 e. The average Bonchev–Trinajstić information content (AvgIpc) is 2.90. The van der Waals surface area contributed by atoms with Crippen molar-refractivity contribution in [2.45, 2.75) is 38.1 Å². The van der Waals surface area contributed by atoms with E-state index in [-0.39, 0.29) is 5.97 Å². The Kier molecular flexibility index (Phi) is 4.57. The summed E-state index contributed by atoms with van der Waals surface area (Å²) >= 11 is 1.49. The average molecular weight is 253 g/mol. The van der Waals surface area contributed by atoms with Crippen LogP contribution < -0.4 is 5.73 Å². The first-order valence-corrected chi connectivity index (χ1v) is 7.11. The van der Waals surface area contributed by atoms with E-state index in [9.17, 15) is 4.79 Å². The van der Waals surface area contributed by atoms with Crippen LogP contribution >= 0.6 is 11.3 Å². The molecule has 1 unspecified atom stereocenters. The lowest BCUT2D eigenvalue weighted by Gasteiger charge is -2.21. The molecule has 0 aliphatic heterocycles. The SMILES string of the molecule is NC(C(=O)OCC1CCCCC1)c1cccs1. The second kappa shape index (κ2) is 6.17. The number of thiophene rings is 1. The first-order chi connectivity index (χ1) is 8.27. The normalized spacial score (nSPS) is 18.9. The Morgan fingerprint density at radius 1 is 1.47 bits per heavy atom. The Bertz CT molecular complexity index is 344. The van der Waals surface area contributed by atoms with Crippen molar-refractivity contribution in [3.05, 3.63) is 22.4 Å². The van der Waals surface area contributed by atoms with E-state index in [1.54, 1.807) is 0 Å². The van der Waals surface area contributed by atoms with Crippen molar-refractivity contribution in [3.63, 3.8) is 0 Å². The summed E-state index contributed by atoms with van der Waals surface area (Å²) in [7, 11) is 0. The Morgan fingerprint density at radius 2 is 2.24 bits per heavy atom. The molecule has 17 heavy (non-hydrogen) atoms. The van der Waals surface area contributed by atoms with E-state index >= 15 is 0 Å². The van der Waals surface area contributed by atoms with E-state index < -0.39 is 6.04 Å². The van der Waals surface area contributed by atoms with E-state index in [1.165, 1.54) is 43.4 Å². The van der Waals surface area contributed by atoms with Crippen LogP contribution in [0.1, 0.15) is 43.0 Å². The molecule has 1 heterocycles. The Morgan fingerprint density at radius 3 is 2.88 bits per heavy atom. The highest BCUT2D eigenvalue weighted by Gasteiger charge is 2.21. The van der Waals surface area contributed by atoms with Crippen molar-refractivity contribution in [2.75, 3.05) is 6.61 Å². The number of nitrogens with two attached hydrogens (primary N) is 1. The third kappa shape index (κ3) is 3.54. The predicted molar refractivity (Wildman–Crippen MR) is 68.8 cm³/mol. The molecule has 1 atom stereocenters. The molecule has 94 valence electrons. The first kappa shape index (κ1) is 12.6. The van der Waals surface area contributed by atoms with Crippen LogP contribution in [0.15, 0.2) is 17.5 Å². The van der Waals surface area contributed by atoms with Crippen molar-refractivity contribution >= 4 is 17.3 Å². The number of carbonyl (C=O) groups excluding carboxylic acids is 1. The second-order valence-electron chi connectivity index (χ2n) is 4.63. The molecule has 0 aromatic carbocycles. The van der Waals surface area contributed by atoms with Gasteiger partial charge >= 0.3 is 5.97 Å². The molecule has 1 saturated carbocycles. The van der Waals surface area contributed by atoms with Crippen LogP contribution in [0.3, 0.4) is 0 Å². The fourth-order valence-electron chi connectivity index (χ4n) is 2.23. The maximum Gasteiger partial charge on any atom is 0.328 e. The molecule has 1 fully saturated rings. The molecule has 0 saturated heterocycles. The molecule has 2 N–H and O–H groups in total. The number of hydrogen-bond acceptors (Lipinski definition) is 4. The van der Waals surface area contributed by atoms with Gasteiger partial charge in [-0.2, -0.15) is 0 Å². The molecule has 0 radical (unpaired) electrons. The van der Waals surface area contributed by atoms with Gasteiger partial charge in [0, 0.05) is 4.88 Å². The van der Waals surface area contributed by atoms with Gasteiger partial charge in [-0.05, 0) is 30.2 Å². The van der Waals surface area contributed by atoms with Gasteiger partial charge in [0.15, 0.2) is 0 Å². The van der Waals surface area contributed by atoms with E-state index in [0.29, 0.717) is 12.5 Å². The second-order valence-corrected chi connectivity index (χ2v) is 5.61. The number of carbonyl (C=O) groups is 1. The maximum absolute atomic E-state index is 11.7. The highest BCUT2D eigenvalue weighted by molar-refractivity contribution is 7.10. The van der Waals surface area contributed by atoms with Crippen LogP contribution in [0, 0.1) is 5.92 Å². The molecule has 0 bridgehead atoms. The van der Waals surface area contributed by atoms with Gasteiger partial charge in [-0.3, -0.25) is 0 Å². The number of esters is 1. The molecule has 1 aliphatic carbocycles. The van der Waals surface area contributed by atoms with Gasteiger partial charge in [0.2, 0.25) is 0 Å². The van der Waals surface area contributed by atoms with Crippen LogP contribution in [0.4, 0.5) is 0 Å². The van der Waals surface area contributed by atoms with Crippen molar-refractivity contribution < 1.29 is 9.53 Å². The lowest BCUT2D eigenvalue weighted by molar-refractivity contribution is -0.147. The Balaban J connectivity index is 1.76. The van der Waals surface area contributed by atoms with Gasteiger partial charge in [0.1, 0.15) is 6.04 Å². The third-order valence-electron chi connectivity index (χ3n) is 3.29. The molecule has 0 amide bonds. The minimum Gasteiger partial charge on any atom is -0.464 e. The Labute approximate surface area is 106 Å². The summed E-state index contributed by atoms with van der Waals surface area (Å²) < 4.78 is 5.31. The summed E-state index contributed by atoms with van der Waals surface area (Å²) in [6, 6.07) is 3.16. The van der Waals surface area contributed by atoms with Gasteiger partial charge in [-0.15, -0.1) is 11.3 Å². The fourth-order valence-corrected chi connectivity index (χ4v) is 2.94. The minimum atomic E-state index is -0.612. The zero-order valence-corrected chi connectivity index (χ0v) is 10.7. The summed E-state index contributed by atoms with van der Waals surface area (Å²) in [5.41, 5.74) is 5.83. The van der Waals surface area contributed by atoms with Gasteiger partial charge < -0.3 is 10.5 Å². The van der Waals surface area contributed by atoms with Crippen LogP contribution in [-0.2, 0) is 9.53 Å². The van der Waals surface area contributed by atoms with Crippen LogP contribution in [-0.4, -0.2) is 12.6 Å². The van der Waals surface area contributed by atoms with Crippen molar-refractivity contribution in [2.24, 2.45) is 11.7 Å². The van der Waals surface area contributed by atoms with E-state index in [2.05, 4.69) is 0 Å². The first-order valence-electron chi connectivity index (χ1n) is 6.23. The van der Waals surface area contributed by atoms with Crippen molar-refractivity contribution in [1.82, 2.24) is 0 Å².